The van der Waals surface area contributed by atoms with Crippen molar-refractivity contribution in [2.75, 3.05) is 19.7 Å². The van der Waals surface area contributed by atoms with Gasteiger partial charge in [0.2, 0.25) is 11.8 Å². The van der Waals surface area contributed by atoms with E-state index in [0.29, 0.717) is 45.4 Å². The molecular weight excluding hydrogens is 296 g/mol. The maximum absolute atomic E-state index is 12.6. The first-order valence-corrected chi connectivity index (χ1v) is 8.12. The van der Waals surface area contributed by atoms with Crippen molar-refractivity contribution < 1.29 is 19.4 Å². The molecule has 3 aliphatic heterocycles. The molecule has 0 aliphatic carbocycles. The van der Waals surface area contributed by atoms with Gasteiger partial charge in [-0.2, -0.15) is 0 Å². The van der Waals surface area contributed by atoms with E-state index >= 15 is 0 Å². The Morgan fingerprint density at radius 3 is 2.87 bits per heavy atom. The number of hydrogen-bond acceptors (Lipinski definition) is 4. The smallest absolute Gasteiger partial charge is 0.227 e. The van der Waals surface area contributed by atoms with Gasteiger partial charge in [-0.05, 0) is 24.1 Å². The van der Waals surface area contributed by atoms with Crippen LogP contribution in [0.1, 0.15) is 24.8 Å². The van der Waals surface area contributed by atoms with Crippen molar-refractivity contribution in [1.29, 1.82) is 0 Å². The molecular formula is C17H20N2O4. The van der Waals surface area contributed by atoms with Gasteiger partial charge in [0.05, 0.1) is 19.1 Å². The quantitative estimate of drug-likeness (QED) is 0.899. The number of aryl methyl sites for hydroxylation is 1. The maximum Gasteiger partial charge on any atom is 0.227 e. The molecule has 3 saturated heterocycles. The molecule has 1 N–H and O–H groups in total. The van der Waals surface area contributed by atoms with Crippen molar-refractivity contribution in [3.05, 3.63) is 29.8 Å². The molecule has 0 aromatic heterocycles. The van der Waals surface area contributed by atoms with Gasteiger partial charge in [0.15, 0.2) is 5.72 Å². The number of hydrogen-bond donors (Lipinski definition) is 1. The Labute approximate surface area is 134 Å². The number of phenolic OH excluding ortho intramolecular Hbond substituents is 1. The molecule has 3 heterocycles. The topological polar surface area (TPSA) is 70.1 Å². The van der Waals surface area contributed by atoms with Crippen LogP contribution < -0.4 is 0 Å². The lowest BCUT2D eigenvalue weighted by atomic mass is 10.1. The number of rotatable bonds is 3. The van der Waals surface area contributed by atoms with E-state index in [1.54, 1.807) is 12.1 Å². The van der Waals surface area contributed by atoms with E-state index in [2.05, 4.69) is 0 Å². The number of carbonyl (C=O) groups excluding carboxylic acids is 2. The van der Waals surface area contributed by atoms with Gasteiger partial charge < -0.3 is 19.6 Å². The minimum atomic E-state index is -0.550. The average molecular weight is 316 g/mol. The Balaban J connectivity index is 1.43. The molecule has 3 fully saturated rings. The van der Waals surface area contributed by atoms with Crippen molar-refractivity contribution in [3.8, 4) is 5.75 Å². The largest absolute Gasteiger partial charge is 0.508 e. The van der Waals surface area contributed by atoms with Crippen LogP contribution in [0.4, 0.5) is 0 Å². The molecule has 2 amide bonds. The molecule has 1 aromatic rings. The zero-order chi connectivity index (χ0) is 16.0. The first-order valence-electron chi connectivity index (χ1n) is 8.12. The van der Waals surface area contributed by atoms with Gasteiger partial charge >= 0.3 is 0 Å². The number of likely N-dealkylation sites (tertiary alicyclic amines) is 1. The molecule has 0 radical (unpaired) electrons. The molecule has 4 rings (SSSR count). The summed E-state index contributed by atoms with van der Waals surface area (Å²) in [6.45, 7) is 1.87. The fourth-order valence-corrected chi connectivity index (χ4v) is 4.15. The summed E-state index contributed by atoms with van der Waals surface area (Å²) in [5.74, 6) is 0.401. The van der Waals surface area contributed by atoms with Crippen LogP contribution in [0.2, 0.25) is 0 Å². The van der Waals surface area contributed by atoms with Crippen LogP contribution in [-0.2, 0) is 20.7 Å². The fourth-order valence-electron chi connectivity index (χ4n) is 4.15. The molecule has 2 atom stereocenters. The Bertz CT molecular complexity index is 644. The van der Waals surface area contributed by atoms with Gasteiger partial charge in [0, 0.05) is 25.9 Å². The normalized spacial score (nSPS) is 29.0. The van der Waals surface area contributed by atoms with E-state index in [9.17, 15) is 14.7 Å². The van der Waals surface area contributed by atoms with Crippen LogP contribution in [0.3, 0.4) is 0 Å². The highest BCUT2D eigenvalue weighted by molar-refractivity contribution is 5.84. The summed E-state index contributed by atoms with van der Waals surface area (Å²) in [7, 11) is 0. The average Bonchev–Trinajstić information content (AvgIpc) is 3.18. The third-order valence-corrected chi connectivity index (χ3v) is 5.28. The van der Waals surface area contributed by atoms with E-state index in [4.69, 9.17) is 4.74 Å². The molecule has 1 spiro atoms. The molecule has 0 bridgehead atoms. The fraction of sp³-hybridized carbons (Fsp3) is 0.529. The molecule has 23 heavy (non-hydrogen) atoms. The predicted molar refractivity (Wildman–Crippen MR) is 81.6 cm³/mol. The number of ether oxygens (including phenoxy) is 1. The first kappa shape index (κ1) is 14.5. The number of phenols is 1. The Kier molecular flexibility index (Phi) is 3.30. The van der Waals surface area contributed by atoms with E-state index in [1.165, 1.54) is 0 Å². The molecule has 0 unspecified atom stereocenters. The number of amides is 2. The van der Waals surface area contributed by atoms with Crippen LogP contribution in [0, 0.1) is 0 Å². The van der Waals surface area contributed by atoms with E-state index in [1.807, 2.05) is 21.9 Å². The van der Waals surface area contributed by atoms with Crippen LogP contribution in [-0.4, -0.2) is 58.2 Å². The van der Waals surface area contributed by atoms with Crippen LogP contribution >= 0.6 is 0 Å². The second kappa shape index (κ2) is 5.23. The minimum Gasteiger partial charge on any atom is -0.508 e. The summed E-state index contributed by atoms with van der Waals surface area (Å²) >= 11 is 0. The molecule has 6 nitrogen and oxygen atoms in total. The second-order valence-corrected chi connectivity index (χ2v) is 6.46. The van der Waals surface area contributed by atoms with Gasteiger partial charge in [0.25, 0.3) is 0 Å². The number of nitrogens with zero attached hydrogens (tertiary/aromatic N) is 2. The molecule has 6 heteroatoms. The van der Waals surface area contributed by atoms with E-state index < -0.39 is 5.72 Å². The molecule has 3 aliphatic rings. The lowest BCUT2D eigenvalue weighted by molar-refractivity contribution is -0.139. The maximum atomic E-state index is 12.6. The first-order chi connectivity index (χ1) is 11.1. The van der Waals surface area contributed by atoms with Crippen molar-refractivity contribution in [2.24, 2.45) is 0 Å². The van der Waals surface area contributed by atoms with Crippen LogP contribution in [0.5, 0.6) is 5.75 Å². The lowest BCUT2D eigenvalue weighted by Crippen LogP contribution is -2.48. The Morgan fingerprint density at radius 1 is 1.30 bits per heavy atom. The van der Waals surface area contributed by atoms with Crippen molar-refractivity contribution in [1.82, 2.24) is 9.80 Å². The summed E-state index contributed by atoms with van der Waals surface area (Å²) in [6.07, 6.45) is 2.14. The standard InChI is InChI=1S/C17H20N2O4/c20-13-4-1-12(2-5-13)3-6-15(21)18-8-7-17-14(18)11-16(22)19(17)9-10-23-17/h1-2,4-5,14,20H,3,6-11H2/t14-,17+/m1/s1. The predicted octanol–water partition coefficient (Wildman–Crippen LogP) is 0.885. The van der Waals surface area contributed by atoms with Gasteiger partial charge in [-0.1, -0.05) is 12.1 Å². The van der Waals surface area contributed by atoms with E-state index in [-0.39, 0.29) is 23.6 Å². The molecule has 0 saturated carbocycles. The summed E-state index contributed by atoms with van der Waals surface area (Å²) in [6, 6.07) is 6.78. The summed E-state index contributed by atoms with van der Waals surface area (Å²) in [5, 5.41) is 9.30. The van der Waals surface area contributed by atoms with Crippen molar-refractivity contribution in [2.45, 2.75) is 37.5 Å². The van der Waals surface area contributed by atoms with Gasteiger partial charge in [-0.25, -0.2) is 0 Å². The highest BCUT2D eigenvalue weighted by atomic mass is 16.5. The summed E-state index contributed by atoms with van der Waals surface area (Å²) < 4.78 is 5.90. The summed E-state index contributed by atoms with van der Waals surface area (Å²) in [5.41, 5.74) is 0.469. The van der Waals surface area contributed by atoms with E-state index in [0.717, 1.165) is 5.56 Å². The molecule has 122 valence electrons. The van der Waals surface area contributed by atoms with Crippen LogP contribution in [0.25, 0.3) is 0 Å². The van der Waals surface area contributed by atoms with Gasteiger partial charge in [-0.3, -0.25) is 9.59 Å². The van der Waals surface area contributed by atoms with Crippen LogP contribution in [0.15, 0.2) is 24.3 Å². The summed E-state index contributed by atoms with van der Waals surface area (Å²) in [4.78, 5) is 28.4. The van der Waals surface area contributed by atoms with Gasteiger partial charge in [-0.15, -0.1) is 0 Å². The molecule has 1 aromatic carbocycles. The lowest BCUT2D eigenvalue weighted by Gasteiger charge is -2.31. The Morgan fingerprint density at radius 2 is 2.09 bits per heavy atom. The third-order valence-electron chi connectivity index (χ3n) is 5.28. The number of aromatic hydroxyl groups is 1. The van der Waals surface area contributed by atoms with Crippen molar-refractivity contribution >= 4 is 11.8 Å². The Hall–Kier alpha value is -2.08. The second-order valence-electron chi connectivity index (χ2n) is 6.46. The highest BCUT2D eigenvalue weighted by Gasteiger charge is 2.62. The monoisotopic (exact) mass is 316 g/mol. The number of benzene rings is 1. The zero-order valence-electron chi connectivity index (χ0n) is 12.9. The van der Waals surface area contributed by atoms with Gasteiger partial charge in [0.1, 0.15) is 5.75 Å². The zero-order valence-corrected chi connectivity index (χ0v) is 12.9. The third kappa shape index (κ3) is 2.20. The van der Waals surface area contributed by atoms with Crippen molar-refractivity contribution in [3.63, 3.8) is 0 Å². The SMILES string of the molecule is O=C(CCc1ccc(O)cc1)N1CC[C@@]23OCCN2C(=O)C[C@@H]13. The minimum absolute atomic E-state index is 0.0742. The highest BCUT2D eigenvalue weighted by Crippen LogP contribution is 2.45. The number of carbonyl (C=O) groups is 2.